The van der Waals surface area contributed by atoms with E-state index in [4.69, 9.17) is 0 Å². The molecule has 1 unspecified atom stereocenters. The lowest BCUT2D eigenvalue weighted by molar-refractivity contribution is 0.263. The van der Waals surface area contributed by atoms with E-state index in [0.29, 0.717) is 6.04 Å². The van der Waals surface area contributed by atoms with Crippen molar-refractivity contribution in [2.24, 2.45) is 5.92 Å². The van der Waals surface area contributed by atoms with E-state index >= 15 is 0 Å². The second-order valence-corrected chi connectivity index (χ2v) is 6.60. The molecule has 1 fully saturated rings. The fraction of sp³-hybridized carbons (Fsp3) is 0.684. The first-order chi connectivity index (χ1) is 9.78. The summed E-state index contributed by atoms with van der Waals surface area (Å²) in [5.74, 6) is 1.01. The van der Waals surface area contributed by atoms with Gasteiger partial charge in [-0.05, 0) is 56.9 Å². The minimum atomic E-state index is 0.642. The fourth-order valence-corrected chi connectivity index (χ4v) is 3.54. The van der Waals surface area contributed by atoms with E-state index in [2.05, 4.69) is 49.5 Å². The van der Waals surface area contributed by atoms with Crippen molar-refractivity contribution >= 4 is 0 Å². The van der Waals surface area contributed by atoms with Gasteiger partial charge in [-0.2, -0.15) is 0 Å². The van der Waals surface area contributed by atoms with Crippen LogP contribution in [0.5, 0.6) is 0 Å². The van der Waals surface area contributed by atoms with Gasteiger partial charge in [0.15, 0.2) is 0 Å². The Bertz CT molecular complexity index is 351. The van der Waals surface area contributed by atoms with Crippen LogP contribution in [0.3, 0.4) is 0 Å². The van der Waals surface area contributed by atoms with Crippen LogP contribution in [-0.2, 0) is 6.42 Å². The Labute approximate surface area is 125 Å². The van der Waals surface area contributed by atoms with E-state index in [1.54, 1.807) is 0 Å². The van der Waals surface area contributed by atoms with E-state index in [0.717, 1.165) is 12.0 Å². The number of aryl methyl sites for hydroxylation is 1. The number of benzene rings is 1. The summed E-state index contributed by atoms with van der Waals surface area (Å²) in [6.45, 7) is 4.66. The molecule has 1 aromatic carbocycles. The Morgan fingerprint density at radius 2 is 1.80 bits per heavy atom. The van der Waals surface area contributed by atoms with Crippen molar-refractivity contribution in [3.05, 3.63) is 35.9 Å². The molecule has 0 heterocycles. The molecule has 0 aliphatic heterocycles. The molecule has 1 atom stereocenters. The lowest BCUT2D eigenvalue weighted by Crippen LogP contribution is -2.39. The Kier molecular flexibility index (Phi) is 6.59. The summed E-state index contributed by atoms with van der Waals surface area (Å²) in [5.41, 5.74) is 1.47. The number of hydrogen-bond donors (Lipinski definition) is 1. The summed E-state index contributed by atoms with van der Waals surface area (Å²) in [6.07, 6.45) is 10.9. The molecule has 0 amide bonds. The molecule has 1 nitrogen and oxygen atoms in total. The van der Waals surface area contributed by atoms with Gasteiger partial charge in [0.05, 0.1) is 0 Å². The van der Waals surface area contributed by atoms with Crippen LogP contribution in [-0.4, -0.2) is 12.1 Å². The smallest absolute Gasteiger partial charge is 0.00697 e. The molecule has 0 radical (unpaired) electrons. The standard InChI is InChI=1S/C19H31N/c1-3-7-17-12-14-19(15-13-17)20-16(2)10-11-18-8-5-4-6-9-18/h4-6,8-9,16-17,19-20H,3,7,10-15H2,1-2H3. The van der Waals surface area contributed by atoms with Gasteiger partial charge in [0.25, 0.3) is 0 Å². The first-order valence-electron chi connectivity index (χ1n) is 8.58. The maximum atomic E-state index is 3.85. The van der Waals surface area contributed by atoms with E-state index in [-0.39, 0.29) is 0 Å². The largest absolute Gasteiger partial charge is 0.311 e. The molecule has 112 valence electrons. The van der Waals surface area contributed by atoms with Crippen molar-refractivity contribution in [2.45, 2.75) is 77.3 Å². The Hall–Kier alpha value is -0.820. The van der Waals surface area contributed by atoms with Crippen LogP contribution in [0.1, 0.15) is 64.4 Å². The zero-order valence-corrected chi connectivity index (χ0v) is 13.3. The lowest BCUT2D eigenvalue weighted by Gasteiger charge is -2.31. The van der Waals surface area contributed by atoms with Crippen LogP contribution in [0.15, 0.2) is 30.3 Å². The van der Waals surface area contributed by atoms with Crippen molar-refractivity contribution in [3.63, 3.8) is 0 Å². The number of rotatable bonds is 7. The van der Waals surface area contributed by atoms with E-state index in [1.165, 1.54) is 56.9 Å². The van der Waals surface area contributed by atoms with Gasteiger partial charge in [-0.1, -0.05) is 50.1 Å². The number of hydrogen-bond acceptors (Lipinski definition) is 1. The van der Waals surface area contributed by atoms with Gasteiger partial charge in [-0.3, -0.25) is 0 Å². The monoisotopic (exact) mass is 273 g/mol. The van der Waals surface area contributed by atoms with Crippen LogP contribution in [0.4, 0.5) is 0 Å². The predicted molar refractivity (Wildman–Crippen MR) is 88.0 cm³/mol. The summed E-state index contributed by atoms with van der Waals surface area (Å²) in [5, 5.41) is 3.85. The second kappa shape index (κ2) is 8.46. The van der Waals surface area contributed by atoms with Crippen LogP contribution < -0.4 is 5.32 Å². The quantitative estimate of drug-likeness (QED) is 0.740. The minimum Gasteiger partial charge on any atom is -0.311 e. The Morgan fingerprint density at radius 3 is 2.45 bits per heavy atom. The first kappa shape index (κ1) is 15.6. The van der Waals surface area contributed by atoms with Crippen LogP contribution in [0, 0.1) is 5.92 Å². The maximum absolute atomic E-state index is 3.85. The summed E-state index contributed by atoms with van der Waals surface area (Å²) in [4.78, 5) is 0. The molecule has 2 rings (SSSR count). The summed E-state index contributed by atoms with van der Waals surface area (Å²) < 4.78 is 0. The third kappa shape index (κ3) is 5.28. The van der Waals surface area contributed by atoms with Gasteiger partial charge in [0.2, 0.25) is 0 Å². The highest BCUT2D eigenvalue weighted by Gasteiger charge is 2.21. The van der Waals surface area contributed by atoms with E-state index < -0.39 is 0 Å². The van der Waals surface area contributed by atoms with Crippen LogP contribution in [0.2, 0.25) is 0 Å². The van der Waals surface area contributed by atoms with Crippen LogP contribution >= 0.6 is 0 Å². The maximum Gasteiger partial charge on any atom is 0.00697 e. The van der Waals surface area contributed by atoms with Crippen molar-refractivity contribution in [1.82, 2.24) is 5.32 Å². The van der Waals surface area contributed by atoms with E-state index in [9.17, 15) is 0 Å². The van der Waals surface area contributed by atoms with Gasteiger partial charge < -0.3 is 5.32 Å². The molecule has 1 N–H and O–H groups in total. The predicted octanol–water partition coefficient (Wildman–Crippen LogP) is 4.96. The third-order valence-electron chi connectivity index (χ3n) is 4.77. The molecule has 1 aromatic rings. The van der Waals surface area contributed by atoms with Gasteiger partial charge in [0, 0.05) is 12.1 Å². The molecule has 0 saturated heterocycles. The molecule has 20 heavy (non-hydrogen) atoms. The topological polar surface area (TPSA) is 12.0 Å². The van der Waals surface area contributed by atoms with Crippen molar-refractivity contribution < 1.29 is 0 Å². The Balaban J connectivity index is 1.64. The zero-order valence-electron chi connectivity index (χ0n) is 13.3. The Morgan fingerprint density at radius 1 is 1.10 bits per heavy atom. The molecule has 1 aliphatic rings. The fourth-order valence-electron chi connectivity index (χ4n) is 3.54. The highest BCUT2D eigenvalue weighted by atomic mass is 14.9. The lowest BCUT2D eigenvalue weighted by atomic mass is 9.83. The molecular weight excluding hydrogens is 242 g/mol. The number of nitrogens with one attached hydrogen (secondary N) is 1. The SMILES string of the molecule is CCCC1CCC(NC(C)CCc2ccccc2)CC1. The third-order valence-corrected chi connectivity index (χ3v) is 4.77. The minimum absolute atomic E-state index is 0.642. The average Bonchev–Trinajstić information content (AvgIpc) is 2.49. The molecule has 0 bridgehead atoms. The molecule has 1 aliphatic carbocycles. The summed E-state index contributed by atoms with van der Waals surface area (Å²) >= 11 is 0. The molecule has 0 aromatic heterocycles. The zero-order chi connectivity index (χ0) is 14.2. The summed E-state index contributed by atoms with van der Waals surface area (Å²) in [7, 11) is 0. The van der Waals surface area contributed by atoms with E-state index in [1.807, 2.05) is 0 Å². The molecule has 1 heteroatoms. The second-order valence-electron chi connectivity index (χ2n) is 6.60. The average molecular weight is 273 g/mol. The van der Waals surface area contributed by atoms with Gasteiger partial charge >= 0.3 is 0 Å². The summed E-state index contributed by atoms with van der Waals surface area (Å²) in [6, 6.07) is 12.3. The molecule has 1 saturated carbocycles. The van der Waals surface area contributed by atoms with Crippen molar-refractivity contribution in [3.8, 4) is 0 Å². The van der Waals surface area contributed by atoms with Gasteiger partial charge in [0.1, 0.15) is 0 Å². The van der Waals surface area contributed by atoms with Gasteiger partial charge in [-0.15, -0.1) is 0 Å². The highest BCUT2D eigenvalue weighted by Crippen LogP contribution is 2.28. The van der Waals surface area contributed by atoms with Crippen molar-refractivity contribution in [2.75, 3.05) is 0 Å². The normalized spacial score (nSPS) is 24.5. The molecule has 0 spiro atoms. The van der Waals surface area contributed by atoms with Gasteiger partial charge in [-0.25, -0.2) is 0 Å². The first-order valence-corrected chi connectivity index (χ1v) is 8.58. The molecular formula is C19H31N. The van der Waals surface area contributed by atoms with Crippen molar-refractivity contribution in [1.29, 1.82) is 0 Å². The van der Waals surface area contributed by atoms with Crippen LogP contribution in [0.25, 0.3) is 0 Å². The highest BCUT2D eigenvalue weighted by molar-refractivity contribution is 5.14.